The van der Waals surface area contributed by atoms with E-state index in [9.17, 15) is 22.4 Å². The Labute approximate surface area is 130 Å². The van der Waals surface area contributed by atoms with E-state index in [0.717, 1.165) is 6.07 Å². The highest BCUT2D eigenvalue weighted by Gasteiger charge is 2.62. The van der Waals surface area contributed by atoms with Crippen molar-refractivity contribution >= 4 is 5.97 Å². The summed E-state index contributed by atoms with van der Waals surface area (Å²) in [6, 6.07) is 2.27. The van der Waals surface area contributed by atoms with Crippen molar-refractivity contribution in [2.75, 3.05) is 13.7 Å². The minimum Gasteiger partial charge on any atom is -0.469 e. The number of hydrogen-bond acceptors (Lipinski definition) is 3. The number of benzene rings is 1. The Morgan fingerprint density at radius 1 is 1.35 bits per heavy atom. The smallest absolute Gasteiger partial charge is 0.309 e. The molecule has 4 atom stereocenters. The van der Waals surface area contributed by atoms with Gasteiger partial charge in [0.15, 0.2) is 11.6 Å². The van der Waals surface area contributed by atoms with Gasteiger partial charge in [0.2, 0.25) is 0 Å². The van der Waals surface area contributed by atoms with Gasteiger partial charge in [-0.1, -0.05) is 6.07 Å². The number of rotatable bonds is 2. The van der Waals surface area contributed by atoms with E-state index in [0.29, 0.717) is 5.56 Å². The Bertz CT molecular complexity index is 646. The highest BCUT2D eigenvalue weighted by atomic mass is 19.3. The first kappa shape index (κ1) is 16.2. The van der Waals surface area contributed by atoms with Crippen LogP contribution in [0.2, 0.25) is 0 Å². The number of hydrogen-bond donors (Lipinski definition) is 0. The Balaban J connectivity index is 2.07. The zero-order valence-electron chi connectivity index (χ0n) is 12.6. The number of alkyl halides is 2. The van der Waals surface area contributed by atoms with Crippen LogP contribution in [0.3, 0.4) is 0 Å². The van der Waals surface area contributed by atoms with Crippen molar-refractivity contribution in [3.63, 3.8) is 0 Å². The molecule has 1 saturated carbocycles. The van der Waals surface area contributed by atoms with Gasteiger partial charge in [-0.3, -0.25) is 4.79 Å². The average Bonchev–Trinajstić information content (AvgIpc) is 3.03. The van der Waals surface area contributed by atoms with Crippen LogP contribution in [0.25, 0.3) is 0 Å². The van der Waals surface area contributed by atoms with Gasteiger partial charge >= 0.3 is 5.97 Å². The molecule has 0 amide bonds. The van der Waals surface area contributed by atoms with Crippen LogP contribution in [0.4, 0.5) is 17.6 Å². The molecule has 1 aliphatic carbocycles. The van der Waals surface area contributed by atoms with Crippen LogP contribution < -0.4 is 0 Å². The second kappa shape index (κ2) is 5.47. The minimum atomic E-state index is -3.04. The molecule has 23 heavy (non-hydrogen) atoms. The van der Waals surface area contributed by atoms with Crippen molar-refractivity contribution in [2.24, 2.45) is 11.8 Å². The third-order valence-electron chi connectivity index (χ3n) is 4.95. The molecule has 1 saturated heterocycles. The lowest BCUT2D eigenvalue weighted by Gasteiger charge is -2.24. The van der Waals surface area contributed by atoms with Crippen molar-refractivity contribution in [1.29, 1.82) is 0 Å². The lowest BCUT2D eigenvalue weighted by atomic mass is 9.84. The van der Waals surface area contributed by atoms with E-state index in [1.807, 2.05) is 0 Å². The van der Waals surface area contributed by atoms with Gasteiger partial charge in [-0.25, -0.2) is 17.6 Å². The molecular weight excluding hydrogens is 316 g/mol. The first-order valence-corrected chi connectivity index (χ1v) is 7.29. The lowest BCUT2D eigenvalue weighted by Crippen LogP contribution is -2.27. The van der Waals surface area contributed by atoms with Crippen molar-refractivity contribution in [3.05, 3.63) is 34.9 Å². The van der Waals surface area contributed by atoms with E-state index in [2.05, 4.69) is 0 Å². The lowest BCUT2D eigenvalue weighted by molar-refractivity contribution is -0.147. The molecule has 2 fully saturated rings. The Kier molecular flexibility index (Phi) is 3.86. The van der Waals surface area contributed by atoms with Crippen LogP contribution in [0, 0.1) is 30.4 Å². The predicted octanol–water partition coefficient (Wildman–Crippen LogP) is 3.20. The fraction of sp³-hybridized carbons (Fsp3) is 0.562. The molecule has 7 heteroatoms. The molecular formula is C16H16F4O3. The number of halogens is 4. The predicted molar refractivity (Wildman–Crippen MR) is 72.1 cm³/mol. The summed E-state index contributed by atoms with van der Waals surface area (Å²) >= 11 is 0. The van der Waals surface area contributed by atoms with E-state index in [1.165, 1.54) is 20.1 Å². The molecule has 0 radical (unpaired) electrons. The summed E-state index contributed by atoms with van der Waals surface area (Å²) in [5.41, 5.74) is 0.313. The molecule has 1 heterocycles. The monoisotopic (exact) mass is 332 g/mol. The number of ether oxygens (including phenoxy) is 2. The van der Waals surface area contributed by atoms with Gasteiger partial charge in [-0.2, -0.15) is 0 Å². The number of fused-ring (bicyclic) bond motifs is 1. The van der Waals surface area contributed by atoms with Gasteiger partial charge in [-0.15, -0.1) is 0 Å². The normalized spacial score (nSPS) is 31.9. The summed E-state index contributed by atoms with van der Waals surface area (Å²) in [5, 5.41) is 0. The number of carbonyl (C=O) groups is 1. The van der Waals surface area contributed by atoms with E-state index in [-0.39, 0.29) is 12.0 Å². The molecule has 2 aliphatic rings. The molecule has 1 aliphatic heterocycles. The van der Waals surface area contributed by atoms with Crippen LogP contribution in [0.5, 0.6) is 0 Å². The van der Waals surface area contributed by atoms with Gasteiger partial charge in [0.1, 0.15) is 6.61 Å². The van der Waals surface area contributed by atoms with Crippen LogP contribution in [-0.4, -0.2) is 31.7 Å². The summed E-state index contributed by atoms with van der Waals surface area (Å²) < 4.78 is 65.1. The quantitative estimate of drug-likeness (QED) is 0.616. The molecule has 126 valence electrons. The molecule has 3 rings (SSSR count). The van der Waals surface area contributed by atoms with E-state index >= 15 is 0 Å². The molecule has 0 unspecified atom stereocenters. The second-order valence-corrected chi connectivity index (χ2v) is 6.11. The first-order chi connectivity index (χ1) is 10.8. The summed E-state index contributed by atoms with van der Waals surface area (Å²) in [6.45, 7) is 0.637. The number of methoxy groups -OCH3 is 1. The topological polar surface area (TPSA) is 35.5 Å². The highest BCUT2D eigenvalue weighted by molar-refractivity contribution is 5.74. The second-order valence-electron chi connectivity index (χ2n) is 6.11. The van der Waals surface area contributed by atoms with Gasteiger partial charge in [0, 0.05) is 5.92 Å². The standard InChI is InChI=1S/C16H16F4O3/c1-7-8(3-4-11(17)13(7)18)12-9(15(21)22-2)5-10-14(12)23-6-16(10,19)20/h3-4,9-10,12,14H,5-6H2,1-2H3/t9-,10-,12+,14-/m1/s1. The Morgan fingerprint density at radius 3 is 2.70 bits per heavy atom. The molecule has 0 spiro atoms. The zero-order valence-corrected chi connectivity index (χ0v) is 12.6. The Morgan fingerprint density at radius 2 is 2.04 bits per heavy atom. The van der Waals surface area contributed by atoms with Crippen LogP contribution >= 0.6 is 0 Å². The third-order valence-corrected chi connectivity index (χ3v) is 4.95. The fourth-order valence-electron chi connectivity index (χ4n) is 3.80. The van der Waals surface area contributed by atoms with E-state index < -0.39 is 54.0 Å². The van der Waals surface area contributed by atoms with Crippen molar-refractivity contribution < 1.29 is 31.8 Å². The molecule has 0 N–H and O–H groups in total. The van der Waals surface area contributed by atoms with Crippen molar-refractivity contribution in [3.8, 4) is 0 Å². The molecule has 0 aromatic heterocycles. The summed E-state index contributed by atoms with van der Waals surface area (Å²) in [6.07, 6.45) is -1.02. The maximum atomic E-state index is 14.0. The molecule has 0 bridgehead atoms. The van der Waals surface area contributed by atoms with Crippen LogP contribution in [0.1, 0.15) is 23.5 Å². The van der Waals surface area contributed by atoms with Gasteiger partial charge in [0.05, 0.1) is 25.0 Å². The summed E-state index contributed by atoms with van der Waals surface area (Å²) in [4.78, 5) is 12.0. The first-order valence-electron chi connectivity index (χ1n) is 7.29. The van der Waals surface area contributed by atoms with Gasteiger partial charge in [-0.05, 0) is 30.5 Å². The fourth-order valence-corrected chi connectivity index (χ4v) is 3.80. The number of carbonyl (C=O) groups excluding carboxylic acids is 1. The highest BCUT2D eigenvalue weighted by Crippen LogP contribution is 2.55. The molecule has 1 aromatic carbocycles. The van der Waals surface area contributed by atoms with Gasteiger partial charge in [0.25, 0.3) is 5.92 Å². The maximum absolute atomic E-state index is 14.0. The van der Waals surface area contributed by atoms with Crippen LogP contribution in [-0.2, 0) is 14.3 Å². The van der Waals surface area contributed by atoms with Crippen molar-refractivity contribution in [2.45, 2.75) is 31.3 Å². The largest absolute Gasteiger partial charge is 0.469 e. The third kappa shape index (κ3) is 2.41. The number of esters is 1. The SMILES string of the molecule is COC(=O)[C@@H]1C[C@@H]2[C@@H](OCC2(F)F)[C@H]1c1ccc(F)c(F)c1C. The summed E-state index contributed by atoms with van der Waals surface area (Å²) in [7, 11) is 1.17. The van der Waals surface area contributed by atoms with Crippen LogP contribution in [0.15, 0.2) is 12.1 Å². The zero-order chi connectivity index (χ0) is 16.9. The minimum absolute atomic E-state index is 0.00312. The van der Waals surface area contributed by atoms with E-state index in [1.54, 1.807) is 0 Å². The van der Waals surface area contributed by atoms with Gasteiger partial charge < -0.3 is 9.47 Å². The molecule has 1 aromatic rings. The Hall–Kier alpha value is -1.63. The average molecular weight is 332 g/mol. The van der Waals surface area contributed by atoms with Crippen molar-refractivity contribution in [1.82, 2.24) is 0 Å². The maximum Gasteiger partial charge on any atom is 0.309 e. The molecule has 3 nitrogen and oxygen atoms in total. The van der Waals surface area contributed by atoms with E-state index in [4.69, 9.17) is 9.47 Å². The summed E-state index contributed by atoms with van der Waals surface area (Å²) in [5.74, 6) is -8.54.